The second kappa shape index (κ2) is 5.47. The first-order chi connectivity index (χ1) is 9.58. The lowest BCUT2D eigenvalue weighted by Gasteiger charge is -2.09. The summed E-state index contributed by atoms with van der Waals surface area (Å²) in [6.45, 7) is 2.05. The van der Waals surface area contributed by atoms with E-state index in [1.807, 2.05) is 16.7 Å². The number of aryl methyl sites for hydroxylation is 1. The fourth-order valence-electron chi connectivity index (χ4n) is 2.19. The maximum Gasteiger partial charge on any atom is 0.164 e. The van der Waals surface area contributed by atoms with E-state index in [9.17, 15) is 0 Å². The third kappa shape index (κ3) is 2.50. The van der Waals surface area contributed by atoms with Crippen molar-refractivity contribution in [2.45, 2.75) is 12.8 Å². The molecule has 0 unspecified atom stereocenters. The van der Waals surface area contributed by atoms with Gasteiger partial charge in [-0.25, -0.2) is 9.97 Å². The van der Waals surface area contributed by atoms with Crippen LogP contribution in [-0.2, 0) is 5.88 Å². The van der Waals surface area contributed by atoms with Crippen LogP contribution in [0, 0.1) is 6.92 Å². The van der Waals surface area contributed by atoms with Crippen molar-refractivity contribution in [3.63, 3.8) is 0 Å². The molecule has 0 N–H and O–H groups in total. The number of aromatic nitrogens is 3. The SMILES string of the molecule is Cc1cc(Br)cc(-n2c(CCl)nc3cc(Br)cnc32)c1. The molecule has 0 radical (unpaired) electrons. The molecule has 20 heavy (non-hydrogen) atoms. The molecule has 3 rings (SSSR count). The largest absolute Gasteiger partial charge is 0.280 e. The third-order valence-electron chi connectivity index (χ3n) is 2.94. The minimum absolute atomic E-state index is 0.333. The third-order valence-corrected chi connectivity index (χ3v) is 4.07. The molecule has 0 spiro atoms. The molecule has 2 aromatic heterocycles. The van der Waals surface area contributed by atoms with Crippen molar-refractivity contribution in [2.75, 3.05) is 0 Å². The van der Waals surface area contributed by atoms with Gasteiger partial charge in [-0.1, -0.05) is 15.9 Å². The molecule has 0 bridgehead atoms. The molecule has 3 nitrogen and oxygen atoms in total. The van der Waals surface area contributed by atoms with Crippen LogP contribution in [0.15, 0.2) is 39.4 Å². The molecular weight excluding hydrogens is 405 g/mol. The highest BCUT2D eigenvalue weighted by Crippen LogP contribution is 2.26. The molecule has 102 valence electrons. The van der Waals surface area contributed by atoms with Gasteiger partial charge in [-0.05, 0) is 52.7 Å². The van der Waals surface area contributed by atoms with E-state index in [1.165, 1.54) is 0 Å². The minimum atomic E-state index is 0.333. The van der Waals surface area contributed by atoms with Crippen LogP contribution in [-0.4, -0.2) is 14.5 Å². The molecule has 1 aromatic carbocycles. The number of alkyl halides is 1. The number of halogens is 3. The molecule has 0 atom stereocenters. The maximum absolute atomic E-state index is 6.04. The zero-order valence-corrected chi connectivity index (χ0v) is 14.5. The average molecular weight is 416 g/mol. The number of pyridine rings is 1. The van der Waals surface area contributed by atoms with E-state index >= 15 is 0 Å². The maximum atomic E-state index is 6.04. The topological polar surface area (TPSA) is 30.7 Å². The number of hydrogen-bond donors (Lipinski definition) is 0. The Hall–Kier alpha value is -0.910. The summed E-state index contributed by atoms with van der Waals surface area (Å²) in [5.74, 6) is 1.12. The van der Waals surface area contributed by atoms with Gasteiger partial charge in [0.15, 0.2) is 5.65 Å². The average Bonchev–Trinajstić information content (AvgIpc) is 2.74. The van der Waals surface area contributed by atoms with E-state index in [0.717, 1.165) is 37.2 Å². The first kappa shape index (κ1) is 14.0. The van der Waals surface area contributed by atoms with Gasteiger partial charge in [-0.2, -0.15) is 0 Å². The smallest absolute Gasteiger partial charge is 0.164 e. The minimum Gasteiger partial charge on any atom is -0.280 e. The second-order valence-corrected chi connectivity index (χ2v) is 6.58. The molecule has 0 aliphatic heterocycles. The molecule has 0 amide bonds. The Morgan fingerprint density at radius 2 is 1.95 bits per heavy atom. The quantitative estimate of drug-likeness (QED) is 0.552. The number of hydrogen-bond acceptors (Lipinski definition) is 2. The lowest BCUT2D eigenvalue weighted by molar-refractivity contribution is 0.967. The monoisotopic (exact) mass is 413 g/mol. The van der Waals surface area contributed by atoms with Gasteiger partial charge in [0.05, 0.1) is 11.6 Å². The Bertz CT molecular complexity index is 778. The van der Waals surface area contributed by atoms with E-state index in [1.54, 1.807) is 6.20 Å². The Kier molecular flexibility index (Phi) is 3.84. The summed E-state index contributed by atoms with van der Waals surface area (Å²) in [6, 6.07) is 8.13. The Balaban J connectivity index is 2.33. The van der Waals surface area contributed by atoms with Gasteiger partial charge in [0.25, 0.3) is 0 Å². The van der Waals surface area contributed by atoms with E-state index in [-0.39, 0.29) is 0 Å². The Morgan fingerprint density at radius 3 is 2.65 bits per heavy atom. The first-order valence-corrected chi connectivity index (χ1v) is 8.07. The van der Waals surface area contributed by atoms with Crippen LogP contribution in [0.5, 0.6) is 0 Å². The summed E-state index contributed by atoms with van der Waals surface area (Å²) in [5.41, 5.74) is 3.80. The highest BCUT2D eigenvalue weighted by atomic mass is 79.9. The first-order valence-electron chi connectivity index (χ1n) is 5.95. The molecule has 0 saturated carbocycles. The zero-order chi connectivity index (χ0) is 14.3. The fraction of sp³-hybridized carbons (Fsp3) is 0.143. The molecule has 3 aromatic rings. The Morgan fingerprint density at radius 1 is 1.15 bits per heavy atom. The van der Waals surface area contributed by atoms with Gasteiger partial charge >= 0.3 is 0 Å². The number of benzene rings is 1. The van der Waals surface area contributed by atoms with Crippen molar-refractivity contribution in [2.24, 2.45) is 0 Å². The molecule has 0 saturated heterocycles. The number of rotatable bonds is 2. The van der Waals surface area contributed by atoms with E-state index < -0.39 is 0 Å². The standard InChI is InChI=1S/C14H10Br2ClN3/c1-8-2-9(15)4-11(3-8)20-13(6-17)19-12-5-10(16)7-18-14(12)20/h2-5,7H,6H2,1H3. The van der Waals surface area contributed by atoms with Gasteiger partial charge in [-0.3, -0.25) is 4.57 Å². The molecule has 0 fully saturated rings. The summed E-state index contributed by atoms with van der Waals surface area (Å²) < 4.78 is 3.92. The van der Waals surface area contributed by atoms with Crippen molar-refractivity contribution < 1.29 is 0 Å². The van der Waals surface area contributed by atoms with Crippen LogP contribution in [0.25, 0.3) is 16.9 Å². The van der Waals surface area contributed by atoms with Crippen LogP contribution < -0.4 is 0 Å². The summed E-state index contributed by atoms with van der Waals surface area (Å²) in [7, 11) is 0. The summed E-state index contributed by atoms with van der Waals surface area (Å²) in [6.07, 6.45) is 1.77. The van der Waals surface area contributed by atoms with Crippen LogP contribution >= 0.6 is 43.5 Å². The van der Waals surface area contributed by atoms with Crippen molar-refractivity contribution >= 4 is 54.6 Å². The zero-order valence-electron chi connectivity index (χ0n) is 10.6. The summed E-state index contributed by atoms with van der Waals surface area (Å²) in [5, 5.41) is 0. The van der Waals surface area contributed by atoms with E-state index in [0.29, 0.717) is 5.88 Å². The van der Waals surface area contributed by atoms with Gasteiger partial charge in [-0.15, -0.1) is 11.6 Å². The molecule has 0 aliphatic carbocycles. The fourth-order valence-corrected chi connectivity index (χ4v) is 3.29. The number of imidazole rings is 1. The highest BCUT2D eigenvalue weighted by Gasteiger charge is 2.13. The van der Waals surface area contributed by atoms with Gasteiger partial charge in [0, 0.05) is 15.1 Å². The number of nitrogens with zero attached hydrogens (tertiary/aromatic N) is 3. The molecule has 2 heterocycles. The highest BCUT2D eigenvalue weighted by molar-refractivity contribution is 9.10. The summed E-state index contributed by atoms with van der Waals surface area (Å²) >= 11 is 13.0. The summed E-state index contributed by atoms with van der Waals surface area (Å²) in [4.78, 5) is 9.02. The van der Waals surface area contributed by atoms with Gasteiger partial charge in [0.2, 0.25) is 0 Å². The van der Waals surface area contributed by atoms with Crippen LogP contribution in [0.1, 0.15) is 11.4 Å². The van der Waals surface area contributed by atoms with Gasteiger partial charge in [0.1, 0.15) is 11.3 Å². The Labute approximate surface area is 138 Å². The molecular formula is C14H10Br2ClN3. The lowest BCUT2D eigenvalue weighted by Crippen LogP contribution is -2.00. The van der Waals surface area contributed by atoms with Crippen molar-refractivity contribution in [1.29, 1.82) is 0 Å². The van der Waals surface area contributed by atoms with E-state index in [2.05, 4.69) is 60.9 Å². The normalized spacial score (nSPS) is 11.2. The van der Waals surface area contributed by atoms with Crippen LogP contribution in [0.4, 0.5) is 0 Å². The van der Waals surface area contributed by atoms with Gasteiger partial charge < -0.3 is 0 Å². The predicted octanol–water partition coefficient (Wildman–Crippen LogP) is 4.99. The van der Waals surface area contributed by atoms with Crippen LogP contribution in [0.3, 0.4) is 0 Å². The van der Waals surface area contributed by atoms with Crippen LogP contribution in [0.2, 0.25) is 0 Å². The van der Waals surface area contributed by atoms with E-state index in [4.69, 9.17) is 11.6 Å². The predicted molar refractivity (Wildman–Crippen MR) is 88.6 cm³/mol. The van der Waals surface area contributed by atoms with Crippen molar-refractivity contribution in [3.8, 4) is 5.69 Å². The van der Waals surface area contributed by atoms with Crippen molar-refractivity contribution in [3.05, 3.63) is 50.8 Å². The number of fused-ring (bicyclic) bond motifs is 1. The molecule has 6 heteroatoms. The lowest BCUT2D eigenvalue weighted by atomic mass is 10.2. The second-order valence-electron chi connectivity index (χ2n) is 4.48. The van der Waals surface area contributed by atoms with Crippen molar-refractivity contribution in [1.82, 2.24) is 14.5 Å². The molecule has 0 aliphatic rings.